The molecule has 9 nitrogen and oxygen atoms in total. The summed E-state index contributed by atoms with van der Waals surface area (Å²) in [4.78, 5) is 15.3. The van der Waals surface area contributed by atoms with Crippen molar-refractivity contribution in [1.29, 1.82) is 0 Å². The van der Waals surface area contributed by atoms with Crippen LogP contribution in [-0.2, 0) is 10.2 Å². The second-order valence-corrected chi connectivity index (χ2v) is 9.10. The van der Waals surface area contributed by atoms with Crippen molar-refractivity contribution in [3.8, 4) is 0 Å². The molecule has 3 rings (SSSR count). The Hall–Kier alpha value is -1.49. The Morgan fingerprint density at radius 2 is 1.50 bits per heavy atom. The molecular weight excluding hydrogens is 354 g/mol. The third-order valence-corrected chi connectivity index (χ3v) is 7.03. The molecule has 0 unspecified atom stereocenters. The number of hydrogen-bond donors (Lipinski definition) is 0. The average molecular weight is 384 g/mol. The number of piperazine rings is 2. The van der Waals surface area contributed by atoms with Crippen LogP contribution < -0.4 is 9.80 Å². The van der Waals surface area contributed by atoms with Crippen LogP contribution in [0.2, 0.25) is 0 Å². The molecule has 0 spiro atoms. The molecule has 2 fully saturated rings. The molecule has 0 atom stereocenters. The highest BCUT2D eigenvalue weighted by atomic mass is 32.2. The van der Waals surface area contributed by atoms with Gasteiger partial charge in [0.2, 0.25) is 5.95 Å². The zero-order chi connectivity index (χ0) is 18.9. The summed E-state index contributed by atoms with van der Waals surface area (Å²) in [5.74, 6) is 1.55. The Bertz CT molecular complexity index is 724. The van der Waals surface area contributed by atoms with E-state index in [9.17, 15) is 8.42 Å². The van der Waals surface area contributed by atoms with E-state index in [0.29, 0.717) is 45.2 Å². The van der Waals surface area contributed by atoms with E-state index in [2.05, 4.69) is 19.8 Å². The minimum atomic E-state index is -3.38. The Balaban J connectivity index is 1.65. The highest BCUT2D eigenvalue weighted by molar-refractivity contribution is 7.86. The van der Waals surface area contributed by atoms with Crippen LogP contribution in [0.3, 0.4) is 0 Å². The zero-order valence-corrected chi connectivity index (χ0v) is 16.9. The van der Waals surface area contributed by atoms with Gasteiger partial charge in [0.15, 0.2) is 0 Å². The molecule has 0 N–H and O–H groups in total. The lowest BCUT2D eigenvalue weighted by molar-refractivity contribution is 0.210. The van der Waals surface area contributed by atoms with Crippen LogP contribution in [0.25, 0.3) is 0 Å². The van der Waals surface area contributed by atoms with Gasteiger partial charge >= 0.3 is 0 Å². The van der Waals surface area contributed by atoms with E-state index in [-0.39, 0.29) is 0 Å². The summed E-state index contributed by atoms with van der Waals surface area (Å²) in [5, 5.41) is 0. The lowest BCUT2D eigenvalue weighted by atomic mass is 10.3. The Labute approximate surface area is 156 Å². The third-order valence-electron chi connectivity index (χ3n) is 4.99. The molecule has 2 aliphatic heterocycles. The zero-order valence-electron chi connectivity index (χ0n) is 16.1. The maximum Gasteiger partial charge on any atom is 0.282 e. The predicted octanol–water partition coefficient (Wildman–Crippen LogP) is -0.535. The summed E-state index contributed by atoms with van der Waals surface area (Å²) in [6, 6.07) is 0. The van der Waals surface area contributed by atoms with Crippen molar-refractivity contribution in [3.63, 3.8) is 0 Å². The van der Waals surface area contributed by atoms with Crippen molar-refractivity contribution in [2.75, 3.05) is 83.3 Å². The highest BCUT2D eigenvalue weighted by Crippen LogP contribution is 2.20. The number of rotatable bonds is 4. The Kier molecular flexibility index (Phi) is 5.66. The third kappa shape index (κ3) is 3.93. The first kappa shape index (κ1) is 19.3. The summed E-state index contributed by atoms with van der Waals surface area (Å²) >= 11 is 0. The van der Waals surface area contributed by atoms with E-state index in [4.69, 9.17) is 0 Å². The average Bonchev–Trinajstić information content (AvgIpc) is 2.62. The molecule has 0 amide bonds. The summed E-state index contributed by atoms with van der Waals surface area (Å²) in [5.41, 5.74) is 1.02. The second-order valence-electron chi connectivity index (χ2n) is 7.17. The molecule has 0 radical (unpaired) electrons. The normalized spacial score (nSPS) is 21.2. The largest absolute Gasteiger partial charge is 0.362 e. The van der Waals surface area contributed by atoms with Crippen molar-refractivity contribution >= 4 is 22.0 Å². The summed E-state index contributed by atoms with van der Waals surface area (Å²) in [6.45, 7) is 6.80. The first-order valence-corrected chi connectivity index (χ1v) is 10.4. The van der Waals surface area contributed by atoms with Crippen LogP contribution in [0.15, 0.2) is 6.20 Å². The summed E-state index contributed by atoms with van der Waals surface area (Å²) in [6.07, 6.45) is 1.82. The molecule has 0 saturated carbocycles. The van der Waals surface area contributed by atoms with Gasteiger partial charge in [0.25, 0.3) is 10.2 Å². The molecule has 0 aliphatic carbocycles. The molecule has 26 heavy (non-hydrogen) atoms. The van der Waals surface area contributed by atoms with Crippen LogP contribution in [0.5, 0.6) is 0 Å². The first-order chi connectivity index (χ1) is 12.3. The molecule has 2 aliphatic rings. The van der Waals surface area contributed by atoms with Gasteiger partial charge in [-0.25, -0.2) is 4.98 Å². The van der Waals surface area contributed by atoms with Crippen molar-refractivity contribution in [2.45, 2.75) is 6.92 Å². The molecule has 0 aromatic carbocycles. The SMILES string of the molecule is Cc1cnc(N2CCN(S(=O)(=O)N3CCN(C)CC3)CC2)nc1N(C)C. The Morgan fingerprint density at radius 3 is 2.04 bits per heavy atom. The lowest BCUT2D eigenvalue weighted by Crippen LogP contribution is -2.56. The molecule has 1 aromatic heterocycles. The molecule has 1 aromatic rings. The summed E-state index contributed by atoms with van der Waals surface area (Å²) in [7, 11) is 2.56. The van der Waals surface area contributed by atoms with Crippen LogP contribution >= 0.6 is 0 Å². The van der Waals surface area contributed by atoms with Gasteiger partial charge in [-0.15, -0.1) is 0 Å². The van der Waals surface area contributed by atoms with Crippen LogP contribution in [0.4, 0.5) is 11.8 Å². The minimum absolute atomic E-state index is 0.462. The van der Waals surface area contributed by atoms with E-state index in [1.54, 1.807) is 8.61 Å². The van der Waals surface area contributed by atoms with E-state index in [0.717, 1.165) is 24.5 Å². The number of aryl methyl sites for hydroxylation is 1. The maximum atomic E-state index is 12.9. The van der Waals surface area contributed by atoms with Gasteiger partial charge in [-0.3, -0.25) is 0 Å². The van der Waals surface area contributed by atoms with Crippen LogP contribution in [0.1, 0.15) is 5.56 Å². The van der Waals surface area contributed by atoms with Gasteiger partial charge in [-0.05, 0) is 14.0 Å². The van der Waals surface area contributed by atoms with E-state index in [1.807, 2.05) is 39.2 Å². The van der Waals surface area contributed by atoms with Gasteiger partial charge in [0, 0.05) is 78.2 Å². The van der Waals surface area contributed by atoms with Gasteiger partial charge in [0.1, 0.15) is 5.82 Å². The molecular formula is C16H29N7O2S. The first-order valence-electron chi connectivity index (χ1n) is 8.98. The van der Waals surface area contributed by atoms with Crippen molar-refractivity contribution < 1.29 is 8.42 Å². The standard InChI is InChI=1S/C16H29N7O2S/c1-14-13-17-16(18-15(14)19(2)3)21-7-11-23(12-8-21)26(24,25)22-9-5-20(4)6-10-22/h13H,5-12H2,1-4H3. The predicted molar refractivity (Wildman–Crippen MR) is 103 cm³/mol. The fraction of sp³-hybridized carbons (Fsp3) is 0.750. The number of aromatic nitrogens is 2. The van der Waals surface area contributed by atoms with E-state index in [1.165, 1.54) is 0 Å². The number of likely N-dealkylation sites (N-methyl/N-ethyl adjacent to an activating group) is 1. The number of hydrogen-bond acceptors (Lipinski definition) is 7. The molecule has 2 saturated heterocycles. The van der Waals surface area contributed by atoms with E-state index < -0.39 is 10.2 Å². The van der Waals surface area contributed by atoms with Crippen LogP contribution in [-0.4, -0.2) is 105 Å². The molecule has 0 bridgehead atoms. The fourth-order valence-corrected chi connectivity index (χ4v) is 4.91. The minimum Gasteiger partial charge on any atom is -0.362 e. The van der Waals surface area contributed by atoms with E-state index >= 15 is 0 Å². The number of anilines is 2. The van der Waals surface area contributed by atoms with Gasteiger partial charge in [-0.2, -0.15) is 22.0 Å². The number of nitrogens with zero attached hydrogens (tertiary/aromatic N) is 7. The molecule has 3 heterocycles. The summed E-state index contributed by atoms with van der Waals surface area (Å²) < 4.78 is 28.9. The van der Waals surface area contributed by atoms with Gasteiger partial charge in [0.05, 0.1) is 0 Å². The maximum absolute atomic E-state index is 12.9. The Morgan fingerprint density at radius 1 is 0.962 bits per heavy atom. The monoisotopic (exact) mass is 383 g/mol. The molecule has 10 heteroatoms. The lowest BCUT2D eigenvalue weighted by Gasteiger charge is -2.39. The van der Waals surface area contributed by atoms with Gasteiger partial charge < -0.3 is 14.7 Å². The van der Waals surface area contributed by atoms with Crippen molar-refractivity contribution in [1.82, 2.24) is 23.5 Å². The fourth-order valence-electron chi connectivity index (χ4n) is 3.33. The topological polar surface area (TPSA) is 76.1 Å². The molecule has 146 valence electrons. The smallest absolute Gasteiger partial charge is 0.282 e. The van der Waals surface area contributed by atoms with Crippen LogP contribution in [0, 0.1) is 6.92 Å². The quantitative estimate of drug-likeness (QED) is 0.691. The van der Waals surface area contributed by atoms with Crippen molar-refractivity contribution in [2.24, 2.45) is 0 Å². The van der Waals surface area contributed by atoms with Gasteiger partial charge in [-0.1, -0.05) is 0 Å². The highest BCUT2D eigenvalue weighted by Gasteiger charge is 2.34. The second kappa shape index (κ2) is 7.63. The van der Waals surface area contributed by atoms with Crippen molar-refractivity contribution in [3.05, 3.63) is 11.8 Å².